The fourth-order valence-corrected chi connectivity index (χ4v) is 2.81. The number of anilines is 1. The SMILES string of the molecule is O=C(CCc1ccco1)NC[C@H]1CCCN1c1cccnn1. The molecule has 1 fully saturated rings. The first kappa shape index (κ1) is 14.6. The van der Waals surface area contributed by atoms with E-state index in [1.54, 1.807) is 12.5 Å². The number of aryl methyl sites for hydroxylation is 1. The van der Waals surface area contributed by atoms with Crippen molar-refractivity contribution in [3.05, 3.63) is 42.5 Å². The summed E-state index contributed by atoms with van der Waals surface area (Å²) in [5.41, 5.74) is 0. The van der Waals surface area contributed by atoms with E-state index in [2.05, 4.69) is 20.4 Å². The lowest BCUT2D eigenvalue weighted by molar-refractivity contribution is -0.121. The third-order valence-electron chi connectivity index (χ3n) is 3.94. The maximum absolute atomic E-state index is 11.9. The number of carbonyl (C=O) groups is 1. The summed E-state index contributed by atoms with van der Waals surface area (Å²) in [6.07, 6.45) is 6.57. The molecule has 1 aliphatic heterocycles. The fraction of sp³-hybridized carbons (Fsp3) is 0.438. The van der Waals surface area contributed by atoms with Crippen molar-refractivity contribution in [1.29, 1.82) is 0 Å². The summed E-state index contributed by atoms with van der Waals surface area (Å²) in [6, 6.07) is 7.87. The van der Waals surface area contributed by atoms with Crippen LogP contribution in [0.15, 0.2) is 41.1 Å². The molecule has 22 heavy (non-hydrogen) atoms. The van der Waals surface area contributed by atoms with Crippen molar-refractivity contribution in [2.24, 2.45) is 0 Å². The van der Waals surface area contributed by atoms with Crippen LogP contribution in [0, 0.1) is 0 Å². The molecule has 0 aromatic carbocycles. The normalized spacial score (nSPS) is 17.6. The molecule has 1 atom stereocenters. The minimum atomic E-state index is 0.0578. The molecule has 3 heterocycles. The topological polar surface area (TPSA) is 71.3 Å². The lowest BCUT2D eigenvalue weighted by atomic mass is 10.2. The number of amides is 1. The predicted octanol–water partition coefficient (Wildman–Crippen LogP) is 1.79. The van der Waals surface area contributed by atoms with Crippen molar-refractivity contribution >= 4 is 11.7 Å². The first-order valence-corrected chi connectivity index (χ1v) is 7.66. The zero-order chi connectivity index (χ0) is 15.2. The molecule has 1 N–H and O–H groups in total. The molecule has 0 saturated carbocycles. The largest absolute Gasteiger partial charge is 0.469 e. The van der Waals surface area contributed by atoms with Gasteiger partial charge in [-0.1, -0.05) is 0 Å². The lowest BCUT2D eigenvalue weighted by Crippen LogP contribution is -2.40. The van der Waals surface area contributed by atoms with Crippen LogP contribution < -0.4 is 10.2 Å². The van der Waals surface area contributed by atoms with Gasteiger partial charge in [0, 0.05) is 38.2 Å². The molecule has 2 aromatic rings. The van der Waals surface area contributed by atoms with Gasteiger partial charge < -0.3 is 14.6 Å². The standard InChI is InChI=1S/C16H20N4O2/c21-16(8-7-14-5-3-11-22-14)17-12-13-4-2-10-20(13)15-6-1-9-18-19-15/h1,3,5-6,9,11,13H,2,4,7-8,10,12H2,(H,17,21)/t13-/m1/s1. The van der Waals surface area contributed by atoms with Crippen LogP contribution in [0.5, 0.6) is 0 Å². The van der Waals surface area contributed by atoms with Gasteiger partial charge in [0.05, 0.1) is 6.26 Å². The predicted molar refractivity (Wildman–Crippen MR) is 82.4 cm³/mol. The maximum atomic E-state index is 11.9. The van der Waals surface area contributed by atoms with Gasteiger partial charge in [-0.05, 0) is 37.1 Å². The first-order chi connectivity index (χ1) is 10.8. The van der Waals surface area contributed by atoms with Crippen LogP contribution in [-0.4, -0.2) is 35.2 Å². The molecule has 2 aromatic heterocycles. The van der Waals surface area contributed by atoms with Gasteiger partial charge in [0.1, 0.15) is 5.76 Å². The molecule has 6 heteroatoms. The second-order valence-corrected chi connectivity index (χ2v) is 5.45. The molecular weight excluding hydrogens is 280 g/mol. The third kappa shape index (κ3) is 3.63. The van der Waals surface area contributed by atoms with Gasteiger partial charge >= 0.3 is 0 Å². The number of carbonyl (C=O) groups excluding carboxylic acids is 1. The van der Waals surface area contributed by atoms with Crippen LogP contribution >= 0.6 is 0 Å². The smallest absolute Gasteiger partial charge is 0.220 e. The Labute approximate surface area is 129 Å². The van der Waals surface area contributed by atoms with Crippen molar-refractivity contribution in [3.63, 3.8) is 0 Å². The van der Waals surface area contributed by atoms with Crippen LogP contribution in [0.25, 0.3) is 0 Å². The molecule has 1 amide bonds. The van der Waals surface area contributed by atoms with Gasteiger partial charge in [0.25, 0.3) is 0 Å². The zero-order valence-electron chi connectivity index (χ0n) is 12.4. The van der Waals surface area contributed by atoms with Gasteiger partial charge in [-0.3, -0.25) is 4.79 Å². The van der Waals surface area contributed by atoms with E-state index in [1.807, 2.05) is 24.3 Å². The van der Waals surface area contributed by atoms with E-state index in [1.165, 1.54) is 0 Å². The number of hydrogen-bond acceptors (Lipinski definition) is 5. The Bertz CT molecular complexity index is 585. The Morgan fingerprint density at radius 3 is 3.14 bits per heavy atom. The molecular formula is C16H20N4O2. The van der Waals surface area contributed by atoms with Gasteiger partial charge in [-0.25, -0.2) is 0 Å². The van der Waals surface area contributed by atoms with Gasteiger partial charge in [0.2, 0.25) is 5.91 Å². The van der Waals surface area contributed by atoms with E-state index >= 15 is 0 Å². The monoisotopic (exact) mass is 300 g/mol. The quantitative estimate of drug-likeness (QED) is 0.880. The Morgan fingerprint density at radius 2 is 2.36 bits per heavy atom. The Balaban J connectivity index is 1.47. The molecule has 0 aliphatic carbocycles. The van der Waals surface area contributed by atoms with Crippen LogP contribution in [0.2, 0.25) is 0 Å². The van der Waals surface area contributed by atoms with E-state index in [-0.39, 0.29) is 5.91 Å². The number of aromatic nitrogens is 2. The highest BCUT2D eigenvalue weighted by Gasteiger charge is 2.26. The summed E-state index contributed by atoms with van der Waals surface area (Å²) in [6.45, 7) is 1.61. The average molecular weight is 300 g/mol. The van der Waals surface area contributed by atoms with E-state index < -0.39 is 0 Å². The highest BCUT2D eigenvalue weighted by atomic mass is 16.3. The molecule has 0 spiro atoms. The van der Waals surface area contributed by atoms with Crippen molar-refractivity contribution in [1.82, 2.24) is 15.5 Å². The number of nitrogens with one attached hydrogen (secondary N) is 1. The molecule has 0 bridgehead atoms. The van der Waals surface area contributed by atoms with E-state index in [0.29, 0.717) is 25.4 Å². The van der Waals surface area contributed by atoms with Crippen molar-refractivity contribution in [2.45, 2.75) is 31.7 Å². The number of nitrogens with zero attached hydrogens (tertiary/aromatic N) is 3. The van der Waals surface area contributed by atoms with Crippen LogP contribution in [0.3, 0.4) is 0 Å². The van der Waals surface area contributed by atoms with Crippen LogP contribution in [0.1, 0.15) is 25.0 Å². The van der Waals surface area contributed by atoms with Gasteiger partial charge in [0.15, 0.2) is 5.82 Å². The molecule has 6 nitrogen and oxygen atoms in total. The second kappa shape index (κ2) is 7.06. The highest BCUT2D eigenvalue weighted by molar-refractivity contribution is 5.76. The Hall–Kier alpha value is -2.37. The highest BCUT2D eigenvalue weighted by Crippen LogP contribution is 2.22. The summed E-state index contributed by atoms with van der Waals surface area (Å²) in [4.78, 5) is 14.2. The molecule has 1 saturated heterocycles. The molecule has 1 aliphatic rings. The lowest BCUT2D eigenvalue weighted by Gasteiger charge is -2.25. The molecule has 3 rings (SSSR count). The van der Waals surface area contributed by atoms with Gasteiger partial charge in [-0.2, -0.15) is 5.10 Å². The van der Waals surface area contributed by atoms with Crippen molar-refractivity contribution in [3.8, 4) is 0 Å². The summed E-state index contributed by atoms with van der Waals surface area (Å²) in [5.74, 6) is 1.79. The minimum Gasteiger partial charge on any atom is -0.469 e. The molecule has 0 unspecified atom stereocenters. The summed E-state index contributed by atoms with van der Waals surface area (Å²) in [5, 5.41) is 11.1. The third-order valence-corrected chi connectivity index (χ3v) is 3.94. The summed E-state index contributed by atoms with van der Waals surface area (Å²) >= 11 is 0. The number of furan rings is 1. The Kier molecular flexibility index (Phi) is 4.68. The van der Waals surface area contributed by atoms with Gasteiger partial charge in [-0.15, -0.1) is 5.10 Å². The zero-order valence-corrected chi connectivity index (χ0v) is 12.4. The first-order valence-electron chi connectivity index (χ1n) is 7.66. The van der Waals surface area contributed by atoms with E-state index in [4.69, 9.17) is 4.42 Å². The average Bonchev–Trinajstić information content (AvgIpc) is 3.23. The van der Waals surface area contributed by atoms with Crippen LogP contribution in [0.4, 0.5) is 5.82 Å². The van der Waals surface area contributed by atoms with Crippen molar-refractivity contribution in [2.75, 3.05) is 18.0 Å². The molecule has 116 valence electrons. The Morgan fingerprint density at radius 1 is 1.41 bits per heavy atom. The van der Waals surface area contributed by atoms with Crippen molar-refractivity contribution < 1.29 is 9.21 Å². The van der Waals surface area contributed by atoms with E-state index in [9.17, 15) is 4.79 Å². The minimum absolute atomic E-state index is 0.0578. The molecule has 0 radical (unpaired) electrons. The summed E-state index contributed by atoms with van der Waals surface area (Å²) < 4.78 is 5.23. The number of hydrogen-bond donors (Lipinski definition) is 1. The summed E-state index contributed by atoms with van der Waals surface area (Å²) in [7, 11) is 0. The second-order valence-electron chi connectivity index (χ2n) is 5.45. The fourth-order valence-electron chi connectivity index (χ4n) is 2.81. The number of rotatable bonds is 6. The maximum Gasteiger partial charge on any atom is 0.220 e. The van der Waals surface area contributed by atoms with E-state index in [0.717, 1.165) is 31.0 Å². The van der Waals surface area contributed by atoms with Crippen LogP contribution in [-0.2, 0) is 11.2 Å².